The predicted octanol–water partition coefficient (Wildman–Crippen LogP) is 6.14. The van der Waals surface area contributed by atoms with Gasteiger partial charge in [0, 0.05) is 4.47 Å². The number of phenols is 1. The van der Waals surface area contributed by atoms with Gasteiger partial charge in [0.1, 0.15) is 18.0 Å². The Labute approximate surface area is 197 Å². The number of hydrogen-bond acceptors (Lipinski definition) is 3. The van der Waals surface area contributed by atoms with E-state index in [1.165, 1.54) is 17.3 Å². The third-order valence-corrected chi connectivity index (χ3v) is 6.46. The smallest absolute Gasteiger partial charge is 0.311 e. The number of carbonyl (C=O) groups excluding carboxylic acids is 1. The van der Waals surface area contributed by atoms with Crippen molar-refractivity contribution in [3.05, 3.63) is 92.9 Å². The van der Waals surface area contributed by atoms with Crippen LogP contribution >= 0.6 is 43.6 Å². The van der Waals surface area contributed by atoms with E-state index in [-0.39, 0.29) is 22.8 Å². The first-order valence-corrected chi connectivity index (χ1v) is 11.8. The van der Waals surface area contributed by atoms with Gasteiger partial charge in [0.2, 0.25) is 0 Å². The lowest BCUT2D eigenvalue weighted by Gasteiger charge is -2.10. The van der Waals surface area contributed by atoms with Gasteiger partial charge in [-0.15, -0.1) is 0 Å². The summed E-state index contributed by atoms with van der Waals surface area (Å²) in [6, 6.07) is 23.4. The second-order valence-corrected chi connectivity index (χ2v) is 9.37. The number of anilines is 1. The average molecular weight is 549 g/mol. The lowest BCUT2D eigenvalue weighted by atomic mass is 10.1. The number of ketones is 1. The molecule has 0 aliphatic carbocycles. The largest absolute Gasteiger partial charge is 0.506 e. The summed E-state index contributed by atoms with van der Waals surface area (Å²) in [4.78, 5) is 12.8. The summed E-state index contributed by atoms with van der Waals surface area (Å²) >= 11 is 8.07. The lowest BCUT2D eigenvalue weighted by molar-refractivity contribution is -0.511. The Morgan fingerprint density at radius 3 is 2.33 bits per heavy atom. The van der Waals surface area contributed by atoms with E-state index in [1.807, 2.05) is 55.6 Å². The minimum Gasteiger partial charge on any atom is -0.506 e. The molecule has 0 aliphatic heterocycles. The van der Waals surface area contributed by atoms with Crippen LogP contribution in [0.25, 0.3) is 0 Å². The van der Waals surface area contributed by atoms with Gasteiger partial charge >= 0.3 is 5.17 Å². The SMILES string of the molecule is C[N+](Cc1ccccc1)=C(Nc1ccccc1)SCC(=O)c1cc(Br)cc(Br)c1O. The molecule has 154 valence electrons. The number of carbonyl (C=O) groups is 1. The van der Waals surface area contributed by atoms with Gasteiger partial charge < -0.3 is 5.11 Å². The highest BCUT2D eigenvalue weighted by molar-refractivity contribution is 9.11. The highest BCUT2D eigenvalue weighted by Gasteiger charge is 2.20. The maximum Gasteiger partial charge on any atom is 0.311 e. The molecule has 0 amide bonds. The Hall–Kier alpha value is -2.09. The summed E-state index contributed by atoms with van der Waals surface area (Å²) in [5.74, 6) is -0.0101. The number of Topliss-reactive ketones (excluding diaryl/α,β-unsaturated/α-hetero) is 1. The summed E-state index contributed by atoms with van der Waals surface area (Å²) in [6.45, 7) is 0.699. The molecule has 0 atom stereocenters. The number of amidine groups is 1. The van der Waals surface area contributed by atoms with Crippen molar-refractivity contribution in [3.8, 4) is 5.75 Å². The van der Waals surface area contributed by atoms with Gasteiger partial charge in [-0.1, -0.05) is 64.5 Å². The van der Waals surface area contributed by atoms with Crippen LogP contribution in [0.4, 0.5) is 5.69 Å². The molecule has 0 heterocycles. The van der Waals surface area contributed by atoms with E-state index in [9.17, 15) is 9.90 Å². The molecule has 0 saturated heterocycles. The summed E-state index contributed by atoms with van der Waals surface area (Å²) in [5, 5.41) is 14.5. The second kappa shape index (κ2) is 10.8. The fraction of sp³-hybridized carbons (Fsp3) is 0.130. The molecule has 0 spiro atoms. The van der Waals surface area contributed by atoms with Crippen LogP contribution in [-0.2, 0) is 6.54 Å². The number of hydrogen-bond donors (Lipinski definition) is 2. The van der Waals surface area contributed by atoms with Gasteiger partial charge in [-0.3, -0.25) is 9.37 Å². The Balaban J connectivity index is 1.82. The van der Waals surface area contributed by atoms with E-state index in [1.54, 1.807) is 12.1 Å². The van der Waals surface area contributed by atoms with Crippen LogP contribution in [0.1, 0.15) is 15.9 Å². The molecule has 7 heteroatoms. The molecule has 0 unspecified atom stereocenters. The molecule has 0 fully saturated rings. The molecule has 0 saturated carbocycles. The zero-order valence-electron chi connectivity index (χ0n) is 16.3. The minimum absolute atomic E-state index is 0.0426. The van der Waals surface area contributed by atoms with Crippen LogP contribution in [-0.4, -0.2) is 33.4 Å². The highest BCUT2D eigenvalue weighted by Crippen LogP contribution is 2.32. The molecular formula is C23H21Br2N2O2S+. The molecule has 4 nitrogen and oxygen atoms in total. The van der Waals surface area contributed by atoms with Crippen molar-refractivity contribution in [2.45, 2.75) is 6.54 Å². The first-order valence-electron chi connectivity index (χ1n) is 9.22. The molecule has 2 N–H and O–H groups in total. The molecule has 3 aromatic rings. The molecule has 0 bridgehead atoms. The van der Waals surface area contributed by atoms with Crippen LogP contribution in [0.15, 0.2) is 81.7 Å². The number of nitrogens with zero attached hydrogens (tertiary/aromatic N) is 1. The number of para-hydroxylation sites is 1. The summed E-state index contributed by atoms with van der Waals surface area (Å²) in [7, 11) is 1.99. The van der Waals surface area contributed by atoms with Gasteiger partial charge in [-0.05, 0) is 57.5 Å². The summed E-state index contributed by atoms with van der Waals surface area (Å²) < 4.78 is 3.29. The van der Waals surface area contributed by atoms with E-state index in [0.717, 1.165) is 15.3 Å². The Bertz CT molecular complexity index is 1060. The van der Waals surface area contributed by atoms with Crippen molar-refractivity contribution in [1.82, 2.24) is 0 Å². The van der Waals surface area contributed by atoms with Gasteiger partial charge in [0.15, 0.2) is 5.78 Å². The zero-order chi connectivity index (χ0) is 21.5. The third kappa shape index (κ3) is 6.20. The molecule has 3 aromatic carbocycles. The van der Waals surface area contributed by atoms with E-state index >= 15 is 0 Å². The van der Waals surface area contributed by atoms with Gasteiger partial charge in [-0.2, -0.15) is 0 Å². The van der Waals surface area contributed by atoms with E-state index in [2.05, 4.69) is 53.9 Å². The Kier molecular flexibility index (Phi) is 8.13. The average Bonchev–Trinajstić information content (AvgIpc) is 2.74. The maximum atomic E-state index is 12.8. The third-order valence-electron chi connectivity index (χ3n) is 4.30. The van der Waals surface area contributed by atoms with Crippen molar-refractivity contribution in [2.75, 3.05) is 18.1 Å². The Morgan fingerprint density at radius 2 is 1.67 bits per heavy atom. The molecule has 0 aliphatic rings. The fourth-order valence-electron chi connectivity index (χ4n) is 2.81. The van der Waals surface area contributed by atoms with Crippen LogP contribution in [0.2, 0.25) is 0 Å². The summed E-state index contributed by atoms with van der Waals surface area (Å²) in [6.07, 6.45) is 0. The van der Waals surface area contributed by atoms with Crippen LogP contribution in [0.5, 0.6) is 5.75 Å². The monoisotopic (exact) mass is 547 g/mol. The van der Waals surface area contributed by atoms with Crippen molar-refractivity contribution in [3.63, 3.8) is 0 Å². The fourth-order valence-corrected chi connectivity index (χ4v) is 4.93. The van der Waals surface area contributed by atoms with Crippen molar-refractivity contribution in [1.29, 1.82) is 0 Å². The standard InChI is InChI=1S/C23H20Br2N2O2S/c1-27(14-16-8-4-2-5-9-16)23(26-18-10-6-3-7-11-18)30-15-21(28)19-12-17(24)13-20(25)22(19)29/h2-13H,14-15H2,1H3,(H,28,29)/p+1. The van der Waals surface area contributed by atoms with Gasteiger partial charge in [-0.25, -0.2) is 5.32 Å². The number of aromatic hydroxyl groups is 1. The molecule has 0 aromatic heterocycles. The maximum absolute atomic E-state index is 12.8. The van der Waals surface area contributed by atoms with Crippen molar-refractivity contribution >= 4 is 60.3 Å². The molecular weight excluding hydrogens is 528 g/mol. The lowest BCUT2D eigenvalue weighted by Crippen LogP contribution is -2.23. The van der Waals surface area contributed by atoms with Gasteiger partial charge in [0.25, 0.3) is 0 Å². The number of thioether (sulfide) groups is 1. The zero-order valence-corrected chi connectivity index (χ0v) is 20.3. The minimum atomic E-state index is -0.153. The van der Waals surface area contributed by atoms with E-state index in [4.69, 9.17) is 0 Å². The number of benzene rings is 3. The van der Waals surface area contributed by atoms with Crippen molar-refractivity contribution < 1.29 is 14.5 Å². The first-order chi connectivity index (χ1) is 14.4. The number of phenolic OH excluding ortho intramolecular Hbond substituents is 1. The predicted molar refractivity (Wildman–Crippen MR) is 132 cm³/mol. The van der Waals surface area contributed by atoms with Crippen molar-refractivity contribution in [2.24, 2.45) is 0 Å². The Morgan fingerprint density at radius 1 is 1.03 bits per heavy atom. The first kappa shape index (κ1) is 22.6. The molecule has 3 rings (SSSR count). The topological polar surface area (TPSA) is 52.3 Å². The van der Waals surface area contributed by atoms with Gasteiger partial charge in [0.05, 0.1) is 22.8 Å². The summed E-state index contributed by atoms with van der Waals surface area (Å²) in [5.41, 5.74) is 2.40. The van der Waals surface area contributed by atoms with E-state index in [0.29, 0.717) is 11.0 Å². The number of nitrogens with one attached hydrogen (secondary N) is 1. The number of rotatable bonds is 6. The second-order valence-electron chi connectivity index (χ2n) is 6.63. The van der Waals surface area contributed by atoms with E-state index < -0.39 is 0 Å². The van der Waals surface area contributed by atoms with Crippen LogP contribution < -0.4 is 5.32 Å². The highest BCUT2D eigenvalue weighted by atomic mass is 79.9. The molecule has 30 heavy (non-hydrogen) atoms. The quantitative estimate of drug-likeness (QED) is 0.168. The number of halogens is 2. The van der Waals surface area contributed by atoms with Crippen LogP contribution in [0, 0.1) is 0 Å². The van der Waals surface area contributed by atoms with Crippen LogP contribution in [0.3, 0.4) is 0 Å². The normalized spacial score (nSPS) is 11.7. The molecule has 0 radical (unpaired) electrons.